The van der Waals surface area contributed by atoms with Gasteiger partial charge in [0.25, 0.3) is 0 Å². The number of pyridine rings is 2. The molecular weight excluding hydrogens is 438 g/mol. The molecule has 0 amide bonds. The Morgan fingerprint density at radius 3 is 2.33 bits per heavy atom. The minimum absolute atomic E-state index is 0.156. The Kier molecular flexibility index (Phi) is 5.78. The predicted octanol–water partition coefficient (Wildman–Crippen LogP) is 7.57. The second-order valence-corrected chi connectivity index (χ2v) is 11.1. The number of rotatable bonds is 5. The van der Waals surface area contributed by atoms with E-state index in [1.54, 1.807) is 0 Å². The van der Waals surface area contributed by atoms with E-state index in [0.717, 1.165) is 17.9 Å². The van der Waals surface area contributed by atoms with E-state index in [2.05, 4.69) is 126 Å². The van der Waals surface area contributed by atoms with Crippen LogP contribution in [0.3, 0.4) is 0 Å². The zero-order valence-corrected chi connectivity index (χ0v) is 22.6. The van der Waals surface area contributed by atoms with Crippen molar-refractivity contribution in [2.24, 2.45) is 0 Å². The lowest BCUT2D eigenvalue weighted by molar-refractivity contribution is 0.301. The first-order chi connectivity index (χ1) is 17.2. The molecule has 0 bridgehead atoms. The summed E-state index contributed by atoms with van der Waals surface area (Å²) < 4.78 is 0. The molecule has 0 saturated carbocycles. The molecule has 0 spiro atoms. The van der Waals surface area contributed by atoms with E-state index in [9.17, 15) is 0 Å². The average molecular weight is 476 g/mol. The molecule has 36 heavy (non-hydrogen) atoms. The molecule has 4 aromatic rings. The van der Waals surface area contributed by atoms with Crippen LogP contribution < -0.4 is 4.90 Å². The second-order valence-electron chi connectivity index (χ2n) is 11.1. The van der Waals surface area contributed by atoms with Gasteiger partial charge in [-0.05, 0) is 55.3 Å². The minimum atomic E-state index is -0.309. The molecule has 2 unspecified atom stereocenters. The topological polar surface area (TPSA) is 29.0 Å². The van der Waals surface area contributed by atoms with Gasteiger partial charge >= 0.3 is 0 Å². The fraction of sp³-hybridized carbons (Fsp3) is 0.333. The highest BCUT2D eigenvalue weighted by molar-refractivity contribution is 5.87. The summed E-state index contributed by atoms with van der Waals surface area (Å²) in [6, 6.07) is 23.9. The first-order valence-corrected chi connectivity index (χ1v) is 12.9. The summed E-state index contributed by atoms with van der Waals surface area (Å²) in [5, 5.41) is 2.46. The van der Waals surface area contributed by atoms with Crippen LogP contribution in [0.25, 0.3) is 10.8 Å². The maximum Gasteiger partial charge on any atom is 0.132 e. The predicted molar refractivity (Wildman–Crippen MR) is 152 cm³/mol. The third kappa shape index (κ3) is 3.32. The van der Waals surface area contributed by atoms with Crippen LogP contribution in [-0.4, -0.2) is 22.6 Å². The van der Waals surface area contributed by atoms with E-state index in [0.29, 0.717) is 0 Å². The highest BCUT2D eigenvalue weighted by Crippen LogP contribution is 2.58. The summed E-state index contributed by atoms with van der Waals surface area (Å²) in [5.74, 6) is 1.07. The van der Waals surface area contributed by atoms with Crippen molar-refractivity contribution in [3.05, 3.63) is 113 Å². The number of nitrogens with zero attached hydrogens (tertiary/aromatic N) is 3. The Bertz CT molecular complexity index is 1450. The lowest BCUT2D eigenvalue weighted by Crippen LogP contribution is -2.57. The van der Waals surface area contributed by atoms with Gasteiger partial charge in [0, 0.05) is 46.9 Å². The lowest BCUT2D eigenvalue weighted by Gasteiger charge is -2.52. The van der Waals surface area contributed by atoms with Crippen molar-refractivity contribution in [2.45, 2.75) is 64.3 Å². The smallest absolute Gasteiger partial charge is 0.132 e. The fourth-order valence-electron chi connectivity index (χ4n) is 6.98. The SMILES string of the molecule is C/C=C(/C(C)(Cc1ccccc1)c1c(C)ncc2ccccc12)C1(C)N(C)c2ncccc2C1(C)C. The molecule has 2 aromatic carbocycles. The largest absolute Gasteiger partial charge is 0.349 e. The second kappa shape index (κ2) is 8.58. The van der Waals surface area contributed by atoms with Crippen LogP contribution in [0, 0.1) is 6.92 Å². The van der Waals surface area contributed by atoms with Crippen molar-refractivity contribution in [1.29, 1.82) is 0 Å². The highest BCUT2D eigenvalue weighted by Gasteiger charge is 2.58. The molecule has 0 fully saturated rings. The Balaban J connectivity index is 1.82. The Morgan fingerprint density at radius 2 is 1.64 bits per heavy atom. The van der Waals surface area contributed by atoms with Crippen LogP contribution in [-0.2, 0) is 17.3 Å². The standard InChI is InChI=1S/C33H37N3/c1-8-28(33(6)31(3,4)27-19-14-20-34-30(27)36(33)7)32(5,21-24-15-10-9-11-16-24)29-23(2)35-22-25-17-12-13-18-26(25)29/h8-20,22H,21H2,1-7H3/b28-8-. The van der Waals surface area contributed by atoms with E-state index >= 15 is 0 Å². The summed E-state index contributed by atoms with van der Waals surface area (Å²) in [6.07, 6.45) is 7.18. The van der Waals surface area contributed by atoms with Crippen molar-refractivity contribution in [1.82, 2.24) is 9.97 Å². The van der Waals surface area contributed by atoms with Gasteiger partial charge in [-0.1, -0.05) is 87.5 Å². The minimum Gasteiger partial charge on any atom is -0.349 e. The first-order valence-electron chi connectivity index (χ1n) is 12.9. The summed E-state index contributed by atoms with van der Waals surface area (Å²) in [4.78, 5) is 12.2. The Hall–Kier alpha value is -3.46. The number of anilines is 1. The van der Waals surface area contributed by atoms with Crippen molar-refractivity contribution < 1.29 is 0 Å². The first kappa shape index (κ1) is 24.2. The van der Waals surface area contributed by atoms with Crippen LogP contribution in [0.1, 0.15) is 57.0 Å². The number of hydrogen-bond donors (Lipinski definition) is 0. The molecule has 3 nitrogen and oxygen atoms in total. The van der Waals surface area contributed by atoms with Gasteiger partial charge in [0.1, 0.15) is 5.82 Å². The van der Waals surface area contributed by atoms with Crippen LogP contribution in [0.15, 0.2) is 90.8 Å². The number of likely N-dealkylation sites (N-methyl/N-ethyl adjacent to an activating group) is 1. The molecule has 184 valence electrons. The number of fused-ring (bicyclic) bond motifs is 2. The number of aryl methyl sites for hydroxylation is 1. The molecule has 0 aliphatic carbocycles. The van der Waals surface area contributed by atoms with Gasteiger partial charge in [-0.25, -0.2) is 4.98 Å². The fourth-order valence-corrected chi connectivity index (χ4v) is 6.98. The van der Waals surface area contributed by atoms with Gasteiger partial charge in [0.15, 0.2) is 0 Å². The molecule has 1 aliphatic heterocycles. The summed E-state index contributed by atoms with van der Waals surface area (Å²) >= 11 is 0. The molecular formula is C33H37N3. The average Bonchev–Trinajstić information content (AvgIpc) is 3.03. The lowest BCUT2D eigenvalue weighted by atomic mass is 9.57. The molecule has 1 aliphatic rings. The number of allylic oxidation sites excluding steroid dienone is 1. The van der Waals surface area contributed by atoms with Crippen molar-refractivity contribution in [3.63, 3.8) is 0 Å². The zero-order chi connectivity index (χ0) is 25.7. The molecule has 0 saturated heterocycles. The molecule has 5 rings (SSSR count). The van der Waals surface area contributed by atoms with Crippen LogP contribution in [0.5, 0.6) is 0 Å². The summed E-state index contributed by atoms with van der Waals surface area (Å²) in [6.45, 7) is 14.0. The molecule has 2 aromatic heterocycles. The maximum atomic E-state index is 4.92. The highest BCUT2D eigenvalue weighted by atomic mass is 15.3. The third-order valence-corrected chi connectivity index (χ3v) is 9.01. The molecule has 2 atom stereocenters. The Morgan fingerprint density at radius 1 is 0.944 bits per heavy atom. The summed E-state index contributed by atoms with van der Waals surface area (Å²) in [5.41, 5.74) is 5.65. The van der Waals surface area contributed by atoms with Gasteiger partial charge in [-0.3, -0.25) is 4.98 Å². The summed E-state index contributed by atoms with van der Waals surface area (Å²) in [7, 11) is 2.21. The maximum absolute atomic E-state index is 4.92. The van der Waals surface area contributed by atoms with E-state index in [-0.39, 0.29) is 16.4 Å². The Labute approximate surface area is 215 Å². The van der Waals surface area contributed by atoms with E-state index in [1.165, 1.54) is 33.0 Å². The molecule has 3 heteroatoms. The number of benzene rings is 2. The monoisotopic (exact) mass is 475 g/mol. The number of aromatic nitrogens is 2. The van der Waals surface area contributed by atoms with Gasteiger partial charge in [0.2, 0.25) is 0 Å². The zero-order valence-electron chi connectivity index (χ0n) is 22.6. The third-order valence-electron chi connectivity index (χ3n) is 9.01. The van der Waals surface area contributed by atoms with E-state index in [1.807, 2.05) is 12.4 Å². The van der Waals surface area contributed by atoms with Crippen LogP contribution in [0.4, 0.5) is 5.82 Å². The van der Waals surface area contributed by atoms with Crippen molar-refractivity contribution in [3.8, 4) is 0 Å². The van der Waals surface area contributed by atoms with Gasteiger partial charge in [-0.2, -0.15) is 0 Å². The van der Waals surface area contributed by atoms with Crippen LogP contribution >= 0.6 is 0 Å². The number of hydrogen-bond acceptors (Lipinski definition) is 3. The quantitative estimate of drug-likeness (QED) is 0.279. The van der Waals surface area contributed by atoms with Gasteiger partial charge in [0.05, 0.1) is 5.54 Å². The van der Waals surface area contributed by atoms with E-state index < -0.39 is 0 Å². The van der Waals surface area contributed by atoms with E-state index in [4.69, 9.17) is 9.97 Å². The van der Waals surface area contributed by atoms with Crippen molar-refractivity contribution in [2.75, 3.05) is 11.9 Å². The molecule has 0 N–H and O–H groups in total. The molecule has 3 heterocycles. The molecule has 0 radical (unpaired) electrons. The van der Waals surface area contributed by atoms with Crippen LogP contribution in [0.2, 0.25) is 0 Å². The van der Waals surface area contributed by atoms with Crippen molar-refractivity contribution >= 4 is 16.6 Å². The van der Waals surface area contributed by atoms with Gasteiger partial charge < -0.3 is 4.90 Å². The normalized spacial score (nSPS) is 20.9. The van der Waals surface area contributed by atoms with Gasteiger partial charge in [-0.15, -0.1) is 0 Å².